The molecule has 1 amide bonds. The van der Waals surface area contributed by atoms with E-state index in [-0.39, 0.29) is 17.0 Å². The Kier molecular flexibility index (Phi) is 5.74. The van der Waals surface area contributed by atoms with Crippen molar-refractivity contribution < 1.29 is 18.0 Å². The molecule has 0 saturated carbocycles. The minimum Gasteiger partial charge on any atom is -0.326 e. The van der Waals surface area contributed by atoms with Crippen molar-refractivity contribution in [2.24, 2.45) is 0 Å². The summed E-state index contributed by atoms with van der Waals surface area (Å²) in [6.45, 7) is 0. The number of rotatable bonds is 5. The molecule has 2 nitrogen and oxygen atoms in total. The predicted molar refractivity (Wildman–Crippen MR) is 82.0 cm³/mol. The third-order valence-corrected chi connectivity index (χ3v) is 3.84. The first-order valence-corrected chi connectivity index (χ1v) is 7.49. The Morgan fingerprint density at radius 1 is 1.18 bits per heavy atom. The summed E-state index contributed by atoms with van der Waals surface area (Å²) in [5.41, 5.74) is 0.558. The first kappa shape index (κ1) is 16.7. The Labute approximate surface area is 134 Å². The SMILES string of the molecule is O=C(Cc1c(F)cccc1Cl)Nc1ccc(SC(F)F)cc1. The summed E-state index contributed by atoms with van der Waals surface area (Å²) in [4.78, 5) is 12.3. The van der Waals surface area contributed by atoms with Crippen LogP contribution in [0.25, 0.3) is 0 Å². The van der Waals surface area contributed by atoms with Crippen LogP contribution in [0.15, 0.2) is 47.4 Å². The van der Waals surface area contributed by atoms with Crippen molar-refractivity contribution in [3.8, 4) is 0 Å². The van der Waals surface area contributed by atoms with E-state index in [4.69, 9.17) is 11.6 Å². The van der Waals surface area contributed by atoms with Crippen LogP contribution in [0.4, 0.5) is 18.9 Å². The molecule has 0 heterocycles. The molecule has 0 fully saturated rings. The zero-order valence-electron chi connectivity index (χ0n) is 11.2. The second-order valence-corrected chi connectivity index (χ2v) is 5.80. The number of carbonyl (C=O) groups excluding carboxylic acids is 1. The first-order chi connectivity index (χ1) is 10.5. The van der Waals surface area contributed by atoms with Crippen molar-refractivity contribution in [1.29, 1.82) is 0 Å². The number of hydrogen-bond donors (Lipinski definition) is 1. The van der Waals surface area contributed by atoms with Crippen LogP contribution in [0.5, 0.6) is 0 Å². The Hall–Kier alpha value is -1.66. The minimum absolute atomic E-state index is 0.117. The molecule has 0 saturated heterocycles. The van der Waals surface area contributed by atoms with Gasteiger partial charge in [-0.15, -0.1) is 0 Å². The van der Waals surface area contributed by atoms with Gasteiger partial charge in [0, 0.05) is 21.2 Å². The van der Waals surface area contributed by atoms with Gasteiger partial charge in [0.25, 0.3) is 5.76 Å². The average molecular weight is 346 g/mol. The van der Waals surface area contributed by atoms with Gasteiger partial charge in [-0.2, -0.15) is 8.78 Å². The van der Waals surface area contributed by atoms with Gasteiger partial charge >= 0.3 is 0 Å². The molecule has 22 heavy (non-hydrogen) atoms. The van der Waals surface area contributed by atoms with Gasteiger partial charge < -0.3 is 5.32 Å². The van der Waals surface area contributed by atoms with Crippen molar-refractivity contribution in [3.63, 3.8) is 0 Å². The van der Waals surface area contributed by atoms with Crippen LogP contribution in [0.3, 0.4) is 0 Å². The molecule has 0 radical (unpaired) electrons. The van der Waals surface area contributed by atoms with Crippen LogP contribution >= 0.6 is 23.4 Å². The highest BCUT2D eigenvalue weighted by molar-refractivity contribution is 7.99. The second kappa shape index (κ2) is 7.56. The van der Waals surface area contributed by atoms with Gasteiger partial charge in [0.2, 0.25) is 5.91 Å². The standard InChI is InChI=1S/C15H11ClF3NOS/c16-12-2-1-3-13(17)11(12)8-14(21)20-9-4-6-10(7-5-9)22-15(18)19/h1-7,15H,8H2,(H,20,21). The van der Waals surface area contributed by atoms with Crippen molar-refractivity contribution in [3.05, 3.63) is 58.9 Å². The van der Waals surface area contributed by atoms with Crippen LogP contribution < -0.4 is 5.32 Å². The highest BCUT2D eigenvalue weighted by Gasteiger charge is 2.12. The molecular weight excluding hydrogens is 335 g/mol. The van der Waals surface area contributed by atoms with E-state index in [9.17, 15) is 18.0 Å². The number of amides is 1. The number of alkyl halides is 2. The largest absolute Gasteiger partial charge is 0.326 e. The Bertz CT molecular complexity index is 644. The number of anilines is 1. The van der Waals surface area contributed by atoms with E-state index >= 15 is 0 Å². The van der Waals surface area contributed by atoms with E-state index in [0.717, 1.165) is 0 Å². The van der Waals surface area contributed by atoms with Crippen LogP contribution in [-0.2, 0) is 11.2 Å². The molecule has 0 aliphatic heterocycles. The van der Waals surface area contributed by atoms with E-state index in [1.54, 1.807) is 0 Å². The van der Waals surface area contributed by atoms with E-state index in [1.807, 2.05) is 0 Å². The molecule has 0 atom stereocenters. The molecule has 0 unspecified atom stereocenters. The van der Waals surface area contributed by atoms with Crippen molar-refractivity contribution in [2.75, 3.05) is 5.32 Å². The van der Waals surface area contributed by atoms with Gasteiger partial charge in [-0.25, -0.2) is 4.39 Å². The third kappa shape index (κ3) is 4.68. The minimum atomic E-state index is -2.50. The molecule has 2 aromatic rings. The lowest BCUT2D eigenvalue weighted by molar-refractivity contribution is -0.115. The lowest BCUT2D eigenvalue weighted by atomic mass is 10.1. The number of benzene rings is 2. The highest BCUT2D eigenvalue weighted by atomic mass is 35.5. The van der Waals surface area contributed by atoms with Gasteiger partial charge in [0.15, 0.2) is 0 Å². The molecule has 0 spiro atoms. The molecule has 0 aromatic heterocycles. The first-order valence-electron chi connectivity index (χ1n) is 6.23. The molecule has 2 aromatic carbocycles. The molecule has 0 aliphatic rings. The van der Waals surface area contributed by atoms with Crippen molar-refractivity contribution in [1.82, 2.24) is 0 Å². The summed E-state index contributed by atoms with van der Waals surface area (Å²) in [6, 6.07) is 10.1. The van der Waals surface area contributed by atoms with Gasteiger partial charge in [-0.05, 0) is 36.4 Å². The zero-order valence-corrected chi connectivity index (χ0v) is 12.7. The van der Waals surface area contributed by atoms with Crippen LogP contribution in [0.1, 0.15) is 5.56 Å². The number of carbonyl (C=O) groups is 1. The maximum Gasteiger partial charge on any atom is 0.288 e. The smallest absolute Gasteiger partial charge is 0.288 e. The van der Waals surface area contributed by atoms with Crippen molar-refractivity contribution >= 4 is 35.0 Å². The van der Waals surface area contributed by atoms with Gasteiger partial charge in [0.1, 0.15) is 5.82 Å². The Morgan fingerprint density at radius 2 is 1.86 bits per heavy atom. The number of halogens is 4. The average Bonchev–Trinajstić information content (AvgIpc) is 2.45. The fourth-order valence-corrected chi connectivity index (χ4v) is 2.52. The predicted octanol–water partition coefficient (Wildman–Crippen LogP) is 4.98. The monoisotopic (exact) mass is 345 g/mol. The maximum atomic E-state index is 13.6. The molecule has 7 heteroatoms. The van der Waals surface area contributed by atoms with Crippen LogP contribution in [-0.4, -0.2) is 11.7 Å². The highest BCUT2D eigenvalue weighted by Crippen LogP contribution is 2.26. The summed E-state index contributed by atoms with van der Waals surface area (Å²) in [5, 5.41) is 2.74. The fraction of sp³-hybridized carbons (Fsp3) is 0.133. The Balaban J connectivity index is 2.00. The Morgan fingerprint density at radius 3 is 2.45 bits per heavy atom. The normalized spacial score (nSPS) is 10.8. The van der Waals surface area contributed by atoms with E-state index in [1.165, 1.54) is 42.5 Å². The summed E-state index contributed by atoms with van der Waals surface area (Å²) < 4.78 is 38.0. The zero-order chi connectivity index (χ0) is 16.1. The number of thioether (sulfide) groups is 1. The topological polar surface area (TPSA) is 29.1 Å². The summed E-state index contributed by atoms with van der Waals surface area (Å²) in [7, 11) is 0. The van der Waals surface area contributed by atoms with Crippen LogP contribution in [0.2, 0.25) is 5.02 Å². The van der Waals surface area contributed by atoms with E-state index in [2.05, 4.69) is 5.32 Å². The molecular formula is C15H11ClF3NOS. The maximum absolute atomic E-state index is 13.6. The van der Waals surface area contributed by atoms with Crippen LogP contribution in [0, 0.1) is 5.82 Å². The third-order valence-electron chi connectivity index (χ3n) is 2.76. The summed E-state index contributed by atoms with van der Waals surface area (Å²) in [6.07, 6.45) is -0.209. The van der Waals surface area contributed by atoms with Gasteiger partial charge in [-0.3, -0.25) is 4.79 Å². The fourth-order valence-electron chi connectivity index (χ4n) is 1.79. The number of hydrogen-bond acceptors (Lipinski definition) is 2. The van der Waals surface area contributed by atoms with Crippen molar-refractivity contribution in [2.45, 2.75) is 17.1 Å². The molecule has 1 N–H and O–H groups in total. The molecule has 2 rings (SSSR count). The second-order valence-electron chi connectivity index (χ2n) is 4.33. The summed E-state index contributed by atoms with van der Waals surface area (Å²) in [5.74, 6) is -3.49. The van der Waals surface area contributed by atoms with E-state index < -0.39 is 17.5 Å². The molecule has 0 aliphatic carbocycles. The molecule has 0 bridgehead atoms. The molecule has 116 valence electrons. The summed E-state index contributed by atoms with van der Waals surface area (Å²) >= 11 is 6.27. The van der Waals surface area contributed by atoms with Gasteiger partial charge in [-0.1, -0.05) is 29.4 Å². The quantitative estimate of drug-likeness (QED) is 0.775. The van der Waals surface area contributed by atoms with Gasteiger partial charge in [0.05, 0.1) is 6.42 Å². The lowest BCUT2D eigenvalue weighted by Crippen LogP contribution is -2.15. The number of nitrogens with one attached hydrogen (secondary N) is 1. The lowest BCUT2D eigenvalue weighted by Gasteiger charge is -2.08. The van der Waals surface area contributed by atoms with E-state index in [0.29, 0.717) is 22.3 Å².